The second-order valence-electron chi connectivity index (χ2n) is 8.35. The van der Waals surface area contributed by atoms with Gasteiger partial charge in [-0.3, -0.25) is 14.5 Å². The number of benzene rings is 2. The van der Waals surface area contributed by atoms with Crippen molar-refractivity contribution < 1.29 is 28.2 Å². The number of aliphatic hydroxyl groups excluding tert-OH is 1. The van der Waals surface area contributed by atoms with Gasteiger partial charge in [0.2, 0.25) is 0 Å². The highest BCUT2D eigenvalue weighted by molar-refractivity contribution is 7.10. The van der Waals surface area contributed by atoms with Crippen LogP contribution in [0.5, 0.6) is 5.75 Å². The molecule has 3 aromatic rings. The molecule has 1 N–H and O–H groups in total. The molecule has 2 aromatic carbocycles. The second-order valence-corrected chi connectivity index (χ2v) is 9.29. The summed E-state index contributed by atoms with van der Waals surface area (Å²) in [4.78, 5) is 28.1. The summed E-state index contributed by atoms with van der Waals surface area (Å²) < 4.78 is 33.0. The SMILES string of the molecule is COc1ccc(/C(O)=C2/C(=O)C(=O)N(c3ccc(F)c(F)c3)C2c2sccc2C)cc1C(C)C. The molecule has 0 aliphatic carbocycles. The summed E-state index contributed by atoms with van der Waals surface area (Å²) in [6.07, 6.45) is 0. The van der Waals surface area contributed by atoms with Crippen LogP contribution in [0.25, 0.3) is 5.76 Å². The van der Waals surface area contributed by atoms with Crippen molar-refractivity contribution in [1.82, 2.24) is 0 Å². The monoisotopic (exact) mass is 483 g/mol. The van der Waals surface area contributed by atoms with Gasteiger partial charge in [-0.05, 0) is 65.7 Å². The number of carbonyl (C=O) groups is 2. The lowest BCUT2D eigenvalue weighted by atomic mass is 9.94. The Labute approximate surface area is 199 Å². The maximum Gasteiger partial charge on any atom is 0.300 e. The average molecular weight is 484 g/mol. The molecule has 1 aliphatic rings. The fourth-order valence-electron chi connectivity index (χ4n) is 4.13. The zero-order valence-electron chi connectivity index (χ0n) is 19.1. The largest absolute Gasteiger partial charge is 0.507 e. The Hall–Kier alpha value is -3.52. The van der Waals surface area contributed by atoms with E-state index < -0.39 is 29.4 Å². The lowest BCUT2D eigenvalue weighted by Gasteiger charge is -2.25. The van der Waals surface area contributed by atoms with E-state index in [1.807, 2.05) is 26.8 Å². The molecule has 1 amide bonds. The van der Waals surface area contributed by atoms with Gasteiger partial charge in [-0.15, -0.1) is 11.3 Å². The number of Topliss-reactive ketones (excluding diaryl/α,β-unsaturated/α-hetero) is 1. The van der Waals surface area contributed by atoms with E-state index in [0.29, 0.717) is 16.2 Å². The van der Waals surface area contributed by atoms with Gasteiger partial charge in [0.1, 0.15) is 17.6 Å². The van der Waals surface area contributed by atoms with Gasteiger partial charge in [-0.2, -0.15) is 0 Å². The van der Waals surface area contributed by atoms with Gasteiger partial charge in [-0.25, -0.2) is 8.78 Å². The molecule has 0 spiro atoms. The molecular weight excluding hydrogens is 460 g/mol. The Bertz CT molecular complexity index is 1330. The third-order valence-electron chi connectivity index (χ3n) is 5.90. The molecule has 1 fully saturated rings. The number of hydrogen-bond acceptors (Lipinski definition) is 5. The Morgan fingerprint density at radius 1 is 1.09 bits per heavy atom. The van der Waals surface area contributed by atoms with Gasteiger partial charge >= 0.3 is 0 Å². The number of hydrogen-bond donors (Lipinski definition) is 1. The summed E-state index contributed by atoms with van der Waals surface area (Å²) in [6.45, 7) is 5.76. The second kappa shape index (κ2) is 9.02. The molecule has 0 radical (unpaired) electrons. The van der Waals surface area contributed by atoms with Gasteiger partial charge in [0.25, 0.3) is 11.7 Å². The highest BCUT2D eigenvalue weighted by Gasteiger charge is 2.48. The Kier molecular flexibility index (Phi) is 6.27. The number of anilines is 1. The quantitative estimate of drug-likeness (QED) is 0.271. The summed E-state index contributed by atoms with van der Waals surface area (Å²) >= 11 is 1.31. The van der Waals surface area contributed by atoms with Crippen molar-refractivity contribution in [2.24, 2.45) is 0 Å². The Morgan fingerprint density at radius 3 is 2.41 bits per heavy atom. The summed E-state index contributed by atoms with van der Waals surface area (Å²) in [5, 5.41) is 13.1. The first-order chi connectivity index (χ1) is 16.1. The highest BCUT2D eigenvalue weighted by atomic mass is 32.1. The third kappa shape index (κ3) is 3.88. The van der Waals surface area contributed by atoms with Crippen LogP contribution in [0.3, 0.4) is 0 Å². The number of rotatable bonds is 5. The number of nitrogens with zero attached hydrogens (tertiary/aromatic N) is 1. The van der Waals surface area contributed by atoms with Crippen molar-refractivity contribution in [2.45, 2.75) is 32.7 Å². The molecule has 1 aliphatic heterocycles. The smallest absolute Gasteiger partial charge is 0.300 e. The van der Waals surface area contributed by atoms with Crippen LogP contribution in [0.4, 0.5) is 14.5 Å². The van der Waals surface area contributed by atoms with Crippen molar-refractivity contribution in [3.63, 3.8) is 0 Å². The fraction of sp³-hybridized carbons (Fsp3) is 0.231. The van der Waals surface area contributed by atoms with Crippen LogP contribution in [0.15, 0.2) is 53.4 Å². The standard InChI is InChI=1S/C26H23F2NO4S/c1-13(2)17-11-15(5-8-20(17)33-4)23(30)21-22(25-14(3)9-10-34-25)29(26(32)24(21)31)16-6-7-18(27)19(28)12-16/h5-13,22,30H,1-4H3/b23-21-. The van der Waals surface area contributed by atoms with Crippen LogP contribution in [-0.4, -0.2) is 23.9 Å². The van der Waals surface area contributed by atoms with Gasteiger partial charge in [0, 0.05) is 22.2 Å². The Morgan fingerprint density at radius 2 is 1.82 bits per heavy atom. The third-order valence-corrected chi connectivity index (χ3v) is 6.97. The van der Waals surface area contributed by atoms with Gasteiger partial charge in [-0.1, -0.05) is 13.8 Å². The summed E-state index contributed by atoms with van der Waals surface area (Å²) in [5.41, 5.74) is 1.89. The number of halogens is 2. The van der Waals surface area contributed by atoms with E-state index in [9.17, 15) is 23.5 Å². The van der Waals surface area contributed by atoms with Crippen LogP contribution < -0.4 is 9.64 Å². The minimum absolute atomic E-state index is 0.0236. The summed E-state index contributed by atoms with van der Waals surface area (Å²) in [6, 6.07) is 8.89. The van der Waals surface area contributed by atoms with E-state index in [4.69, 9.17) is 4.74 Å². The molecule has 4 rings (SSSR count). The van der Waals surface area contributed by atoms with E-state index in [0.717, 1.165) is 28.2 Å². The molecule has 1 saturated heterocycles. The predicted molar refractivity (Wildman–Crippen MR) is 127 cm³/mol. The Balaban J connectivity index is 1.95. The van der Waals surface area contributed by atoms with E-state index in [2.05, 4.69) is 0 Å². The van der Waals surface area contributed by atoms with Crippen molar-refractivity contribution in [2.75, 3.05) is 12.0 Å². The average Bonchev–Trinajstić information content (AvgIpc) is 3.35. The molecule has 1 atom stereocenters. The molecular formula is C26H23F2NO4S. The molecule has 0 bridgehead atoms. The molecule has 1 unspecified atom stereocenters. The summed E-state index contributed by atoms with van der Waals surface area (Å²) in [7, 11) is 1.55. The molecule has 8 heteroatoms. The number of carbonyl (C=O) groups excluding carboxylic acids is 2. The van der Waals surface area contributed by atoms with Crippen LogP contribution in [0.1, 0.15) is 47.4 Å². The van der Waals surface area contributed by atoms with Crippen molar-refractivity contribution >= 4 is 34.5 Å². The first-order valence-corrected chi connectivity index (χ1v) is 11.5. The highest BCUT2D eigenvalue weighted by Crippen LogP contribution is 2.45. The topological polar surface area (TPSA) is 66.8 Å². The van der Waals surface area contributed by atoms with E-state index >= 15 is 0 Å². The van der Waals surface area contributed by atoms with Crippen LogP contribution in [-0.2, 0) is 9.59 Å². The number of amides is 1. The van der Waals surface area contributed by atoms with Gasteiger partial charge < -0.3 is 9.84 Å². The predicted octanol–water partition coefficient (Wildman–Crippen LogP) is 6.09. The first-order valence-electron chi connectivity index (χ1n) is 10.6. The zero-order valence-corrected chi connectivity index (χ0v) is 19.9. The first kappa shape index (κ1) is 23.6. The van der Waals surface area contributed by atoms with E-state index in [1.165, 1.54) is 17.4 Å². The lowest BCUT2D eigenvalue weighted by Crippen LogP contribution is -2.29. The van der Waals surface area contributed by atoms with E-state index in [-0.39, 0.29) is 22.9 Å². The molecule has 0 saturated carbocycles. The maximum absolute atomic E-state index is 14.0. The minimum atomic E-state index is -1.14. The van der Waals surface area contributed by atoms with Crippen LogP contribution in [0, 0.1) is 18.6 Å². The molecule has 176 valence electrons. The normalized spacial score (nSPS) is 17.6. The maximum atomic E-state index is 14.0. The molecule has 2 heterocycles. The number of thiophene rings is 1. The van der Waals surface area contributed by atoms with Crippen molar-refractivity contribution in [1.29, 1.82) is 0 Å². The number of aliphatic hydroxyl groups is 1. The number of ether oxygens (including phenoxy) is 1. The van der Waals surface area contributed by atoms with Gasteiger partial charge in [0.15, 0.2) is 11.6 Å². The molecule has 5 nitrogen and oxygen atoms in total. The van der Waals surface area contributed by atoms with Crippen molar-refractivity contribution in [3.05, 3.63) is 86.6 Å². The van der Waals surface area contributed by atoms with Gasteiger partial charge in [0.05, 0.1) is 12.7 Å². The van der Waals surface area contributed by atoms with Crippen LogP contribution >= 0.6 is 11.3 Å². The van der Waals surface area contributed by atoms with E-state index in [1.54, 1.807) is 30.7 Å². The molecule has 34 heavy (non-hydrogen) atoms. The minimum Gasteiger partial charge on any atom is -0.507 e. The number of aryl methyl sites for hydroxylation is 1. The molecule has 1 aromatic heterocycles. The van der Waals surface area contributed by atoms with Crippen molar-refractivity contribution in [3.8, 4) is 5.75 Å². The fourth-order valence-corrected chi connectivity index (χ4v) is 5.16. The van der Waals surface area contributed by atoms with Crippen LogP contribution in [0.2, 0.25) is 0 Å². The summed E-state index contributed by atoms with van der Waals surface area (Å²) in [5.74, 6) is -3.67. The zero-order chi connectivity index (χ0) is 24.7. The number of ketones is 1. The number of methoxy groups -OCH3 is 1. The lowest BCUT2D eigenvalue weighted by molar-refractivity contribution is -0.132.